The van der Waals surface area contributed by atoms with Gasteiger partial charge in [-0.2, -0.15) is 5.10 Å². The number of hydrogen-bond acceptors (Lipinski definition) is 4. The summed E-state index contributed by atoms with van der Waals surface area (Å²) in [7, 11) is 0. The van der Waals surface area contributed by atoms with E-state index in [0.29, 0.717) is 5.02 Å². The predicted octanol–water partition coefficient (Wildman–Crippen LogP) is 4.39. The molecule has 0 fully saturated rings. The Morgan fingerprint density at radius 2 is 1.90 bits per heavy atom. The first-order chi connectivity index (χ1) is 9.99. The van der Waals surface area contributed by atoms with E-state index in [9.17, 15) is 10.1 Å². The van der Waals surface area contributed by atoms with Crippen LogP contribution >= 0.6 is 11.6 Å². The average molecular weight is 304 g/mol. The number of nitrogens with zero attached hydrogens (tertiary/aromatic N) is 2. The van der Waals surface area contributed by atoms with Crippen molar-refractivity contribution < 1.29 is 4.92 Å². The molecule has 2 rings (SSSR count). The molecule has 2 aromatic rings. The van der Waals surface area contributed by atoms with Crippen molar-refractivity contribution in [2.24, 2.45) is 5.10 Å². The Bertz CT molecular complexity index is 697. The van der Waals surface area contributed by atoms with Crippen molar-refractivity contribution in [1.29, 1.82) is 0 Å². The zero-order valence-corrected chi connectivity index (χ0v) is 12.4. The Hall–Kier alpha value is -2.40. The summed E-state index contributed by atoms with van der Waals surface area (Å²) in [6, 6.07) is 11.8. The highest BCUT2D eigenvalue weighted by Gasteiger charge is 2.06. The molecule has 0 aliphatic rings. The lowest BCUT2D eigenvalue weighted by atomic mass is 10.1. The van der Waals surface area contributed by atoms with Crippen LogP contribution in [-0.4, -0.2) is 10.6 Å². The molecular formula is C15H14ClN3O2. The Kier molecular flexibility index (Phi) is 4.55. The lowest BCUT2D eigenvalue weighted by Gasteiger charge is -2.07. The van der Waals surface area contributed by atoms with E-state index in [1.165, 1.54) is 12.1 Å². The quantitative estimate of drug-likeness (QED) is 0.517. The molecular weight excluding hydrogens is 290 g/mol. The first-order valence-corrected chi connectivity index (χ1v) is 6.67. The van der Waals surface area contributed by atoms with Crippen LogP contribution in [0.2, 0.25) is 5.02 Å². The second-order valence-corrected chi connectivity index (χ2v) is 4.93. The largest absolute Gasteiger partial charge is 0.278 e. The van der Waals surface area contributed by atoms with Gasteiger partial charge in [0, 0.05) is 17.2 Å². The second-order valence-electron chi connectivity index (χ2n) is 4.53. The minimum atomic E-state index is -0.427. The van der Waals surface area contributed by atoms with Crippen LogP contribution in [0.3, 0.4) is 0 Å². The molecule has 0 saturated carbocycles. The number of hydrazone groups is 1. The number of rotatable bonds is 4. The minimum Gasteiger partial charge on any atom is -0.278 e. The maximum absolute atomic E-state index is 10.6. The van der Waals surface area contributed by atoms with Gasteiger partial charge in [0.05, 0.1) is 16.3 Å². The fourth-order valence-corrected chi connectivity index (χ4v) is 1.94. The van der Waals surface area contributed by atoms with Crippen LogP contribution < -0.4 is 5.43 Å². The molecule has 5 nitrogen and oxygen atoms in total. The summed E-state index contributed by atoms with van der Waals surface area (Å²) in [5, 5.41) is 15.6. The van der Waals surface area contributed by atoms with Crippen LogP contribution in [-0.2, 0) is 0 Å². The summed E-state index contributed by atoms with van der Waals surface area (Å²) in [5.74, 6) is 0. The highest BCUT2D eigenvalue weighted by atomic mass is 35.5. The first-order valence-electron chi connectivity index (χ1n) is 6.29. The Morgan fingerprint density at radius 1 is 1.24 bits per heavy atom. The summed E-state index contributed by atoms with van der Waals surface area (Å²) >= 11 is 6.04. The van der Waals surface area contributed by atoms with Crippen molar-refractivity contribution in [2.75, 3.05) is 5.43 Å². The van der Waals surface area contributed by atoms with Gasteiger partial charge in [0.25, 0.3) is 5.69 Å². The number of halogens is 1. The molecule has 0 aromatic heterocycles. The van der Waals surface area contributed by atoms with Gasteiger partial charge in [0.2, 0.25) is 0 Å². The Balaban J connectivity index is 2.17. The molecule has 0 amide bonds. The lowest BCUT2D eigenvalue weighted by molar-refractivity contribution is -0.384. The molecule has 0 aliphatic heterocycles. The number of nitro groups is 1. The van der Waals surface area contributed by atoms with Gasteiger partial charge in [-0.3, -0.25) is 15.5 Å². The van der Waals surface area contributed by atoms with Crippen molar-refractivity contribution in [1.82, 2.24) is 0 Å². The van der Waals surface area contributed by atoms with E-state index in [-0.39, 0.29) is 5.69 Å². The summed E-state index contributed by atoms with van der Waals surface area (Å²) in [5.41, 5.74) is 6.30. The number of benzene rings is 2. The maximum atomic E-state index is 10.6. The monoisotopic (exact) mass is 303 g/mol. The highest BCUT2D eigenvalue weighted by Crippen LogP contribution is 2.23. The third-order valence-corrected chi connectivity index (χ3v) is 3.52. The molecule has 0 saturated heterocycles. The van der Waals surface area contributed by atoms with Gasteiger partial charge in [-0.1, -0.05) is 17.7 Å². The standard InChI is InChI=1S/C15H14ClN3O2/c1-10-14(16)4-3-5-15(10)18-17-11(2)12-6-8-13(9-7-12)19(20)21/h3-9,18H,1-2H3/b17-11-. The number of hydrogen-bond donors (Lipinski definition) is 1. The molecule has 1 N–H and O–H groups in total. The van der Waals surface area contributed by atoms with E-state index in [1.54, 1.807) is 12.1 Å². The van der Waals surface area contributed by atoms with Crippen molar-refractivity contribution in [2.45, 2.75) is 13.8 Å². The third-order valence-electron chi connectivity index (χ3n) is 3.11. The fraction of sp³-hybridized carbons (Fsp3) is 0.133. The molecule has 0 atom stereocenters. The molecule has 0 heterocycles. The highest BCUT2D eigenvalue weighted by molar-refractivity contribution is 6.31. The van der Waals surface area contributed by atoms with Crippen LogP contribution in [0.5, 0.6) is 0 Å². The fourth-order valence-electron chi connectivity index (χ4n) is 1.76. The maximum Gasteiger partial charge on any atom is 0.269 e. The second kappa shape index (κ2) is 6.37. The van der Waals surface area contributed by atoms with Crippen molar-refractivity contribution in [3.05, 3.63) is 68.7 Å². The predicted molar refractivity (Wildman–Crippen MR) is 85.1 cm³/mol. The zero-order chi connectivity index (χ0) is 15.4. The van der Waals surface area contributed by atoms with E-state index in [0.717, 1.165) is 22.5 Å². The number of non-ortho nitro benzene ring substituents is 1. The molecule has 0 spiro atoms. The van der Waals surface area contributed by atoms with E-state index >= 15 is 0 Å². The molecule has 6 heteroatoms. The van der Waals surface area contributed by atoms with E-state index in [1.807, 2.05) is 32.0 Å². The number of nitrogens with one attached hydrogen (secondary N) is 1. The van der Waals surface area contributed by atoms with Crippen molar-refractivity contribution in [3.8, 4) is 0 Å². The van der Waals surface area contributed by atoms with E-state index in [2.05, 4.69) is 10.5 Å². The lowest BCUT2D eigenvalue weighted by Crippen LogP contribution is -2.01. The van der Waals surface area contributed by atoms with Gasteiger partial charge in [0.1, 0.15) is 0 Å². The number of nitro benzene ring substituents is 1. The zero-order valence-electron chi connectivity index (χ0n) is 11.6. The molecule has 21 heavy (non-hydrogen) atoms. The third kappa shape index (κ3) is 3.58. The van der Waals surface area contributed by atoms with Gasteiger partial charge in [-0.15, -0.1) is 0 Å². The first kappa shape index (κ1) is 15.0. The molecule has 0 unspecified atom stereocenters. The smallest absolute Gasteiger partial charge is 0.269 e. The van der Waals surface area contributed by atoms with Crippen LogP contribution in [0.15, 0.2) is 47.6 Å². The SMILES string of the molecule is C/C(=N/Nc1cccc(Cl)c1C)c1ccc([N+](=O)[O-])cc1. The van der Waals surface area contributed by atoms with Crippen LogP contribution in [0.4, 0.5) is 11.4 Å². The summed E-state index contributed by atoms with van der Waals surface area (Å²) in [6.45, 7) is 3.73. The topological polar surface area (TPSA) is 67.5 Å². The van der Waals surface area contributed by atoms with E-state index in [4.69, 9.17) is 11.6 Å². The Labute approximate surface area is 127 Å². The average Bonchev–Trinajstić information content (AvgIpc) is 2.48. The normalized spacial score (nSPS) is 11.3. The van der Waals surface area contributed by atoms with Crippen molar-refractivity contribution in [3.63, 3.8) is 0 Å². The van der Waals surface area contributed by atoms with E-state index < -0.39 is 4.92 Å². The summed E-state index contributed by atoms with van der Waals surface area (Å²) in [6.07, 6.45) is 0. The number of anilines is 1. The van der Waals surface area contributed by atoms with Crippen molar-refractivity contribution >= 4 is 28.7 Å². The summed E-state index contributed by atoms with van der Waals surface area (Å²) in [4.78, 5) is 10.2. The summed E-state index contributed by atoms with van der Waals surface area (Å²) < 4.78 is 0. The molecule has 0 radical (unpaired) electrons. The molecule has 0 aliphatic carbocycles. The van der Waals surface area contributed by atoms with Crippen LogP contribution in [0.1, 0.15) is 18.1 Å². The minimum absolute atomic E-state index is 0.0604. The molecule has 108 valence electrons. The molecule has 2 aromatic carbocycles. The van der Waals surface area contributed by atoms with Crippen LogP contribution in [0, 0.1) is 17.0 Å². The van der Waals surface area contributed by atoms with Gasteiger partial charge in [-0.25, -0.2) is 0 Å². The van der Waals surface area contributed by atoms with Gasteiger partial charge in [-0.05, 0) is 49.2 Å². The Morgan fingerprint density at radius 3 is 2.52 bits per heavy atom. The van der Waals surface area contributed by atoms with Gasteiger partial charge < -0.3 is 0 Å². The van der Waals surface area contributed by atoms with Gasteiger partial charge in [0.15, 0.2) is 0 Å². The molecule has 0 bridgehead atoms. The van der Waals surface area contributed by atoms with Crippen LogP contribution in [0.25, 0.3) is 0 Å². The van der Waals surface area contributed by atoms with Gasteiger partial charge >= 0.3 is 0 Å².